The SMILES string of the molecule is C=CCn1c(C)cc(C(=O)/C(C#N)=C/c2cc(Cl)c3c(c2)OCO3)c1C. The fourth-order valence-corrected chi connectivity index (χ4v) is 3.25. The molecule has 0 spiro atoms. The van der Waals surface area contributed by atoms with E-state index < -0.39 is 0 Å². The fraction of sp³-hybridized carbons (Fsp3) is 0.200. The van der Waals surface area contributed by atoms with Crippen molar-refractivity contribution in [3.05, 3.63) is 64.0 Å². The molecule has 0 radical (unpaired) electrons. The Balaban J connectivity index is 2.00. The maximum Gasteiger partial charge on any atom is 0.231 e. The van der Waals surface area contributed by atoms with Crippen molar-refractivity contribution >= 4 is 23.5 Å². The van der Waals surface area contributed by atoms with Crippen molar-refractivity contribution in [3.8, 4) is 17.6 Å². The van der Waals surface area contributed by atoms with E-state index in [4.69, 9.17) is 21.1 Å². The lowest BCUT2D eigenvalue weighted by Gasteiger charge is -2.06. The molecule has 0 fully saturated rings. The average Bonchev–Trinajstić information content (AvgIpc) is 3.19. The molecule has 0 amide bonds. The number of rotatable bonds is 5. The summed E-state index contributed by atoms with van der Waals surface area (Å²) < 4.78 is 12.6. The van der Waals surface area contributed by atoms with Gasteiger partial charge in [-0.1, -0.05) is 17.7 Å². The highest BCUT2D eigenvalue weighted by Crippen LogP contribution is 2.40. The van der Waals surface area contributed by atoms with Crippen molar-refractivity contribution < 1.29 is 14.3 Å². The fourth-order valence-electron chi connectivity index (χ4n) is 2.97. The second-order valence-corrected chi connectivity index (χ2v) is 6.33. The van der Waals surface area contributed by atoms with Crippen LogP contribution in [0.3, 0.4) is 0 Å². The molecule has 0 unspecified atom stereocenters. The van der Waals surface area contributed by atoms with Crippen LogP contribution in [-0.4, -0.2) is 17.1 Å². The zero-order valence-electron chi connectivity index (χ0n) is 14.5. The molecule has 0 saturated heterocycles. The van der Waals surface area contributed by atoms with Gasteiger partial charge in [-0.05, 0) is 43.7 Å². The molecule has 1 aromatic carbocycles. The van der Waals surface area contributed by atoms with E-state index in [1.54, 1.807) is 24.3 Å². The van der Waals surface area contributed by atoms with Gasteiger partial charge >= 0.3 is 0 Å². The highest BCUT2D eigenvalue weighted by Gasteiger charge is 2.21. The first-order chi connectivity index (χ1) is 12.5. The first kappa shape index (κ1) is 17.8. The van der Waals surface area contributed by atoms with Gasteiger partial charge in [-0.3, -0.25) is 4.79 Å². The molecule has 6 heteroatoms. The second kappa shape index (κ2) is 7.11. The third-order valence-corrected chi connectivity index (χ3v) is 4.54. The predicted molar refractivity (Wildman–Crippen MR) is 99.6 cm³/mol. The number of nitrogens with zero attached hydrogens (tertiary/aromatic N) is 2. The van der Waals surface area contributed by atoms with Gasteiger partial charge in [0.15, 0.2) is 11.5 Å². The van der Waals surface area contributed by atoms with Gasteiger partial charge < -0.3 is 14.0 Å². The maximum atomic E-state index is 12.9. The summed E-state index contributed by atoms with van der Waals surface area (Å²) >= 11 is 6.17. The van der Waals surface area contributed by atoms with Crippen molar-refractivity contribution in [2.24, 2.45) is 0 Å². The van der Waals surface area contributed by atoms with E-state index in [1.165, 1.54) is 6.08 Å². The molecule has 0 atom stereocenters. The van der Waals surface area contributed by atoms with E-state index >= 15 is 0 Å². The van der Waals surface area contributed by atoms with Crippen LogP contribution in [0.2, 0.25) is 5.02 Å². The molecule has 2 heterocycles. The number of carbonyl (C=O) groups is 1. The minimum atomic E-state index is -0.329. The molecule has 0 saturated carbocycles. The summed E-state index contributed by atoms with van der Waals surface area (Å²) in [6, 6.07) is 7.12. The predicted octanol–water partition coefficient (Wildman–Crippen LogP) is 4.46. The smallest absolute Gasteiger partial charge is 0.231 e. The van der Waals surface area contributed by atoms with E-state index in [0.29, 0.717) is 34.2 Å². The van der Waals surface area contributed by atoms with Crippen LogP contribution in [0.25, 0.3) is 6.08 Å². The zero-order chi connectivity index (χ0) is 18.8. The van der Waals surface area contributed by atoms with Gasteiger partial charge in [0, 0.05) is 23.5 Å². The lowest BCUT2D eigenvalue weighted by atomic mass is 10.0. The van der Waals surface area contributed by atoms with Gasteiger partial charge in [0.2, 0.25) is 12.6 Å². The highest BCUT2D eigenvalue weighted by atomic mass is 35.5. The number of hydrogen-bond donors (Lipinski definition) is 0. The van der Waals surface area contributed by atoms with Crippen molar-refractivity contribution in [1.29, 1.82) is 5.26 Å². The molecule has 3 rings (SSSR count). The molecule has 2 aromatic rings. The summed E-state index contributed by atoms with van der Waals surface area (Å²) in [6.07, 6.45) is 3.28. The summed E-state index contributed by atoms with van der Waals surface area (Å²) in [5.74, 6) is 0.643. The molecule has 1 aliphatic rings. The number of nitriles is 1. The van der Waals surface area contributed by atoms with E-state index in [2.05, 4.69) is 6.58 Å². The Morgan fingerprint density at radius 1 is 1.38 bits per heavy atom. The van der Waals surface area contributed by atoms with E-state index in [1.807, 2.05) is 24.5 Å². The third-order valence-electron chi connectivity index (χ3n) is 4.26. The van der Waals surface area contributed by atoms with Gasteiger partial charge in [0.1, 0.15) is 11.6 Å². The molecular formula is C20H17ClN2O3. The van der Waals surface area contributed by atoms with Crippen LogP contribution >= 0.6 is 11.6 Å². The summed E-state index contributed by atoms with van der Waals surface area (Å²) in [4.78, 5) is 12.9. The number of allylic oxidation sites excluding steroid dienone is 2. The van der Waals surface area contributed by atoms with E-state index in [-0.39, 0.29) is 18.1 Å². The number of Topliss-reactive ketones (excluding diaryl/α,β-unsaturated/α-hetero) is 1. The summed E-state index contributed by atoms with van der Waals surface area (Å²) in [6.45, 7) is 8.21. The van der Waals surface area contributed by atoms with Crippen molar-refractivity contribution in [2.75, 3.05) is 6.79 Å². The lowest BCUT2D eigenvalue weighted by Crippen LogP contribution is -2.05. The summed E-state index contributed by atoms with van der Waals surface area (Å²) in [5.41, 5.74) is 2.87. The quantitative estimate of drug-likeness (QED) is 0.338. The van der Waals surface area contributed by atoms with Crippen LogP contribution in [0.4, 0.5) is 0 Å². The molecule has 0 bridgehead atoms. The number of ether oxygens (including phenoxy) is 2. The number of aryl methyl sites for hydroxylation is 1. The van der Waals surface area contributed by atoms with Crippen LogP contribution in [0.5, 0.6) is 11.5 Å². The van der Waals surface area contributed by atoms with Gasteiger partial charge in [0.25, 0.3) is 0 Å². The van der Waals surface area contributed by atoms with Crippen LogP contribution in [0.15, 0.2) is 36.4 Å². The van der Waals surface area contributed by atoms with Gasteiger partial charge in [-0.2, -0.15) is 5.26 Å². The Labute approximate surface area is 156 Å². The molecule has 0 aliphatic carbocycles. The first-order valence-corrected chi connectivity index (χ1v) is 8.37. The molecular weight excluding hydrogens is 352 g/mol. The number of ketones is 1. The third kappa shape index (κ3) is 3.12. The first-order valence-electron chi connectivity index (χ1n) is 7.99. The molecule has 5 nitrogen and oxygen atoms in total. The highest BCUT2D eigenvalue weighted by molar-refractivity contribution is 6.32. The van der Waals surface area contributed by atoms with Gasteiger partial charge in [-0.15, -0.1) is 6.58 Å². The number of aromatic nitrogens is 1. The Morgan fingerprint density at radius 3 is 2.85 bits per heavy atom. The molecule has 26 heavy (non-hydrogen) atoms. The number of carbonyl (C=O) groups excluding carboxylic acids is 1. The number of hydrogen-bond acceptors (Lipinski definition) is 4. The molecule has 1 aromatic heterocycles. The zero-order valence-corrected chi connectivity index (χ0v) is 15.3. The number of halogens is 1. The topological polar surface area (TPSA) is 64.2 Å². The van der Waals surface area contributed by atoms with Gasteiger partial charge in [0.05, 0.1) is 5.02 Å². The number of fused-ring (bicyclic) bond motifs is 1. The van der Waals surface area contributed by atoms with E-state index in [9.17, 15) is 10.1 Å². The van der Waals surface area contributed by atoms with Crippen LogP contribution in [0, 0.1) is 25.2 Å². The summed E-state index contributed by atoms with van der Waals surface area (Å²) in [7, 11) is 0. The maximum absolute atomic E-state index is 12.9. The minimum Gasteiger partial charge on any atom is -0.454 e. The Hall–Kier alpha value is -2.97. The Kier molecular flexibility index (Phi) is 4.88. The number of benzene rings is 1. The van der Waals surface area contributed by atoms with Crippen LogP contribution < -0.4 is 9.47 Å². The minimum absolute atomic E-state index is 0.0267. The molecule has 132 valence electrons. The van der Waals surface area contributed by atoms with Crippen LogP contribution in [-0.2, 0) is 6.54 Å². The van der Waals surface area contributed by atoms with Crippen molar-refractivity contribution in [2.45, 2.75) is 20.4 Å². The van der Waals surface area contributed by atoms with Crippen molar-refractivity contribution in [1.82, 2.24) is 4.57 Å². The Bertz CT molecular complexity index is 980. The summed E-state index contributed by atoms with van der Waals surface area (Å²) in [5, 5.41) is 9.88. The van der Waals surface area contributed by atoms with Crippen molar-refractivity contribution in [3.63, 3.8) is 0 Å². The molecule has 0 N–H and O–H groups in total. The normalized spacial score (nSPS) is 12.8. The molecule has 1 aliphatic heterocycles. The Morgan fingerprint density at radius 2 is 2.15 bits per heavy atom. The largest absolute Gasteiger partial charge is 0.454 e. The standard InChI is InChI=1S/C20H17ClN2O3/c1-4-5-23-12(2)6-16(13(23)3)19(24)15(10-22)7-14-8-17(21)20-18(9-14)25-11-26-20/h4,6-9H,1,5,11H2,2-3H3/b15-7+. The van der Waals surface area contributed by atoms with Crippen LogP contribution in [0.1, 0.15) is 27.3 Å². The monoisotopic (exact) mass is 368 g/mol. The van der Waals surface area contributed by atoms with Gasteiger partial charge in [-0.25, -0.2) is 0 Å². The average molecular weight is 369 g/mol. The lowest BCUT2D eigenvalue weighted by molar-refractivity contribution is 0.103. The second-order valence-electron chi connectivity index (χ2n) is 5.92. The van der Waals surface area contributed by atoms with E-state index in [0.717, 1.165) is 11.4 Å².